The molecule has 0 radical (unpaired) electrons. The number of carbonyl (C=O) groups excluding carboxylic acids is 1. The SMILES string of the molecule is O=C(c1cccs1)N1CC(c2nncn2CC2CC2)C2(CCC2)C1. The Bertz CT molecular complexity index is 745. The van der Waals surface area contributed by atoms with Crippen LogP contribution >= 0.6 is 11.3 Å². The first-order valence-corrected chi connectivity index (χ1v) is 9.84. The Morgan fingerprint density at radius 1 is 1.38 bits per heavy atom. The number of hydrogen-bond donors (Lipinski definition) is 0. The molecule has 2 aromatic heterocycles. The van der Waals surface area contributed by atoms with E-state index in [-0.39, 0.29) is 11.3 Å². The summed E-state index contributed by atoms with van der Waals surface area (Å²) in [5, 5.41) is 10.7. The maximum Gasteiger partial charge on any atom is 0.263 e. The summed E-state index contributed by atoms with van der Waals surface area (Å²) in [6, 6.07) is 3.89. The summed E-state index contributed by atoms with van der Waals surface area (Å²) in [6.07, 6.45) is 8.25. The maximum atomic E-state index is 12.8. The molecule has 1 spiro atoms. The first kappa shape index (κ1) is 14.6. The third-order valence-corrected chi connectivity index (χ3v) is 6.98. The summed E-state index contributed by atoms with van der Waals surface area (Å²) < 4.78 is 2.27. The normalized spacial score (nSPS) is 25.2. The van der Waals surface area contributed by atoms with Gasteiger partial charge in [-0.05, 0) is 48.5 Å². The lowest BCUT2D eigenvalue weighted by molar-refractivity contribution is 0.0727. The van der Waals surface area contributed by atoms with Crippen molar-refractivity contribution in [2.75, 3.05) is 13.1 Å². The molecule has 126 valence electrons. The van der Waals surface area contributed by atoms with Crippen molar-refractivity contribution in [3.05, 3.63) is 34.5 Å². The highest BCUT2D eigenvalue weighted by Crippen LogP contribution is 2.55. The van der Waals surface area contributed by atoms with Crippen LogP contribution in [0.25, 0.3) is 0 Å². The first-order chi connectivity index (χ1) is 11.8. The Hall–Kier alpha value is -1.69. The minimum Gasteiger partial charge on any atom is -0.337 e. The van der Waals surface area contributed by atoms with E-state index in [1.54, 1.807) is 0 Å². The minimum atomic E-state index is 0.187. The zero-order chi connectivity index (χ0) is 16.1. The van der Waals surface area contributed by atoms with Crippen molar-refractivity contribution in [2.24, 2.45) is 11.3 Å². The van der Waals surface area contributed by atoms with Crippen LogP contribution in [0.3, 0.4) is 0 Å². The van der Waals surface area contributed by atoms with Gasteiger partial charge in [0, 0.05) is 25.6 Å². The molecule has 3 fully saturated rings. The third-order valence-electron chi connectivity index (χ3n) is 6.13. The quantitative estimate of drug-likeness (QED) is 0.857. The van der Waals surface area contributed by atoms with Crippen molar-refractivity contribution in [2.45, 2.75) is 44.6 Å². The predicted octanol–water partition coefficient (Wildman–Crippen LogP) is 3.16. The second kappa shape index (κ2) is 5.41. The molecule has 1 saturated heterocycles. The van der Waals surface area contributed by atoms with E-state index in [1.807, 2.05) is 23.8 Å². The van der Waals surface area contributed by atoms with Gasteiger partial charge in [-0.25, -0.2) is 0 Å². The lowest BCUT2D eigenvalue weighted by atomic mass is 9.62. The van der Waals surface area contributed by atoms with Crippen LogP contribution in [0.2, 0.25) is 0 Å². The van der Waals surface area contributed by atoms with Gasteiger partial charge < -0.3 is 9.47 Å². The van der Waals surface area contributed by atoms with Crippen LogP contribution < -0.4 is 0 Å². The molecule has 1 atom stereocenters. The van der Waals surface area contributed by atoms with Crippen molar-refractivity contribution in [1.82, 2.24) is 19.7 Å². The van der Waals surface area contributed by atoms with E-state index in [4.69, 9.17) is 0 Å². The summed E-state index contributed by atoms with van der Waals surface area (Å²) >= 11 is 1.54. The van der Waals surface area contributed by atoms with Crippen LogP contribution in [-0.2, 0) is 6.54 Å². The van der Waals surface area contributed by atoms with Crippen LogP contribution in [0.4, 0.5) is 0 Å². The average molecular weight is 342 g/mol. The molecule has 1 aliphatic heterocycles. The number of carbonyl (C=O) groups is 1. The second-order valence-corrected chi connectivity index (χ2v) is 8.66. The molecule has 2 saturated carbocycles. The Labute approximate surface area is 145 Å². The molecule has 5 rings (SSSR count). The number of thiophene rings is 1. The van der Waals surface area contributed by atoms with E-state index in [0.717, 1.165) is 36.3 Å². The van der Waals surface area contributed by atoms with E-state index >= 15 is 0 Å². The zero-order valence-corrected chi connectivity index (χ0v) is 14.5. The summed E-state index contributed by atoms with van der Waals surface area (Å²) in [5.74, 6) is 2.45. The topological polar surface area (TPSA) is 51.0 Å². The molecule has 6 heteroatoms. The molecule has 2 aromatic rings. The molecule has 1 amide bonds. The molecule has 1 unspecified atom stereocenters. The van der Waals surface area contributed by atoms with Crippen molar-refractivity contribution >= 4 is 17.2 Å². The zero-order valence-electron chi connectivity index (χ0n) is 13.7. The number of likely N-dealkylation sites (tertiary alicyclic amines) is 1. The lowest BCUT2D eigenvalue weighted by Gasteiger charge is -2.42. The molecule has 0 N–H and O–H groups in total. The van der Waals surface area contributed by atoms with Gasteiger partial charge in [0.1, 0.15) is 12.2 Å². The van der Waals surface area contributed by atoms with Gasteiger partial charge in [-0.2, -0.15) is 0 Å². The highest BCUT2D eigenvalue weighted by molar-refractivity contribution is 7.12. The van der Waals surface area contributed by atoms with E-state index in [9.17, 15) is 4.79 Å². The standard InChI is InChI=1S/C18H22N4OS/c23-17(15-3-1-8-24-15)21-10-14(18(11-21)6-2-7-18)16-20-19-12-22(16)9-13-4-5-13/h1,3,8,12-14H,2,4-7,9-11H2. The first-order valence-electron chi connectivity index (χ1n) is 8.96. The van der Waals surface area contributed by atoms with E-state index in [0.29, 0.717) is 5.92 Å². The van der Waals surface area contributed by atoms with Gasteiger partial charge in [-0.1, -0.05) is 12.5 Å². The van der Waals surface area contributed by atoms with Crippen LogP contribution in [0.1, 0.15) is 53.5 Å². The molecule has 3 heterocycles. The third kappa shape index (κ3) is 2.31. The summed E-state index contributed by atoms with van der Waals surface area (Å²) in [4.78, 5) is 15.7. The summed E-state index contributed by atoms with van der Waals surface area (Å²) in [6.45, 7) is 2.72. The molecule has 24 heavy (non-hydrogen) atoms. The molecule has 5 nitrogen and oxygen atoms in total. The summed E-state index contributed by atoms with van der Waals surface area (Å²) in [7, 11) is 0. The van der Waals surface area contributed by atoms with Gasteiger partial charge in [0.05, 0.1) is 4.88 Å². The molecular formula is C18H22N4OS. The Morgan fingerprint density at radius 2 is 2.25 bits per heavy atom. The highest BCUT2D eigenvalue weighted by Gasteiger charge is 2.53. The van der Waals surface area contributed by atoms with Crippen molar-refractivity contribution < 1.29 is 4.79 Å². The Balaban J connectivity index is 1.43. The lowest BCUT2D eigenvalue weighted by Crippen LogP contribution is -2.38. The Morgan fingerprint density at radius 3 is 2.92 bits per heavy atom. The van der Waals surface area contributed by atoms with E-state index in [1.165, 1.54) is 43.4 Å². The predicted molar refractivity (Wildman–Crippen MR) is 92.0 cm³/mol. The largest absolute Gasteiger partial charge is 0.337 e. The molecule has 3 aliphatic rings. The average Bonchev–Trinajstić information content (AvgIpc) is 3.00. The number of nitrogens with zero attached hydrogens (tertiary/aromatic N) is 4. The van der Waals surface area contributed by atoms with Crippen LogP contribution in [0.5, 0.6) is 0 Å². The molecular weight excluding hydrogens is 320 g/mol. The van der Waals surface area contributed by atoms with Crippen molar-refractivity contribution in [1.29, 1.82) is 0 Å². The second-order valence-electron chi connectivity index (χ2n) is 7.72. The molecule has 2 aliphatic carbocycles. The van der Waals surface area contributed by atoms with Gasteiger partial charge in [-0.3, -0.25) is 4.79 Å². The molecule has 0 bridgehead atoms. The van der Waals surface area contributed by atoms with Gasteiger partial charge >= 0.3 is 0 Å². The number of amides is 1. The van der Waals surface area contributed by atoms with Gasteiger partial charge in [-0.15, -0.1) is 21.5 Å². The van der Waals surface area contributed by atoms with Crippen molar-refractivity contribution in [3.63, 3.8) is 0 Å². The monoisotopic (exact) mass is 342 g/mol. The Kier molecular flexibility index (Phi) is 3.30. The van der Waals surface area contributed by atoms with Gasteiger partial charge in [0.25, 0.3) is 5.91 Å². The fourth-order valence-corrected chi connectivity index (χ4v) is 5.12. The number of rotatable bonds is 4. The fraction of sp³-hybridized carbons (Fsp3) is 0.611. The highest BCUT2D eigenvalue weighted by atomic mass is 32.1. The van der Waals surface area contributed by atoms with E-state index < -0.39 is 0 Å². The molecule has 0 aromatic carbocycles. The maximum absolute atomic E-state index is 12.8. The fourth-order valence-electron chi connectivity index (χ4n) is 4.43. The van der Waals surface area contributed by atoms with Crippen LogP contribution in [0.15, 0.2) is 23.8 Å². The van der Waals surface area contributed by atoms with Crippen LogP contribution in [0, 0.1) is 11.3 Å². The number of hydrogen-bond acceptors (Lipinski definition) is 4. The minimum absolute atomic E-state index is 0.187. The summed E-state index contributed by atoms with van der Waals surface area (Å²) in [5.41, 5.74) is 0.237. The van der Waals surface area contributed by atoms with Crippen molar-refractivity contribution in [3.8, 4) is 0 Å². The van der Waals surface area contributed by atoms with E-state index in [2.05, 4.69) is 19.7 Å². The van der Waals surface area contributed by atoms with Gasteiger partial charge in [0.2, 0.25) is 0 Å². The van der Waals surface area contributed by atoms with Gasteiger partial charge in [0.15, 0.2) is 0 Å². The van der Waals surface area contributed by atoms with Crippen LogP contribution in [-0.4, -0.2) is 38.7 Å². The number of aromatic nitrogens is 3. The smallest absolute Gasteiger partial charge is 0.263 e.